The van der Waals surface area contributed by atoms with E-state index in [0.717, 1.165) is 22.3 Å². The fraction of sp³-hybridized carbons (Fsp3) is 0.308. The Labute approximate surface area is 113 Å². The second kappa shape index (κ2) is 6.28. The van der Waals surface area contributed by atoms with Gasteiger partial charge < -0.3 is 5.11 Å². The molecule has 90 valence electrons. The quantitative estimate of drug-likeness (QED) is 0.919. The van der Waals surface area contributed by atoms with Crippen LogP contribution in [0.4, 0.5) is 0 Å². The molecule has 1 aromatic carbocycles. The highest BCUT2D eigenvalue weighted by Crippen LogP contribution is 2.21. The maximum atomic E-state index is 9.44. The number of halogens is 1. The zero-order chi connectivity index (χ0) is 12.1. The average Bonchev–Trinajstić information content (AvgIpc) is 2.84. The topological polar surface area (TPSA) is 33.1 Å². The van der Waals surface area contributed by atoms with Gasteiger partial charge in [-0.25, -0.2) is 4.98 Å². The van der Waals surface area contributed by atoms with Crippen LogP contribution in [0.3, 0.4) is 0 Å². The highest BCUT2D eigenvalue weighted by Gasteiger charge is 2.12. The predicted octanol–water partition coefficient (Wildman–Crippen LogP) is 3.30. The minimum atomic E-state index is 0.195. The summed E-state index contributed by atoms with van der Waals surface area (Å²) >= 11 is 5.18. The van der Waals surface area contributed by atoms with Crippen molar-refractivity contribution in [3.8, 4) is 0 Å². The van der Waals surface area contributed by atoms with Gasteiger partial charge in [0.1, 0.15) is 0 Å². The molecule has 0 bridgehead atoms. The minimum absolute atomic E-state index is 0.195. The van der Waals surface area contributed by atoms with Crippen LogP contribution >= 0.6 is 27.3 Å². The number of hydrogen-bond donors (Lipinski definition) is 1. The molecule has 0 amide bonds. The molecule has 0 aliphatic heterocycles. The molecule has 1 atom stereocenters. The van der Waals surface area contributed by atoms with E-state index in [1.54, 1.807) is 11.3 Å². The zero-order valence-electron chi connectivity index (χ0n) is 9.34. The third-order valence-corrected chi connectivity index (χ3v) is 4.25. The Kier molecular flexibility index (Phi) is 4.71. The molecule has 2 aromatic rings. The molecule has 1 unspecified atom stereocenters. The number of nitrogens with zero attached hydrogens (tertiary/aromatic N) is 1. The molecule has 1 aromatic heterocycles. The normalized spacial score (nSPS) is 12.6. The largest absolute Gasteiger partial charge is 0.396 e. The summed E-state index contributed by atoms with van der Waals surface area (Å²) in [5.41, 5.74) is 1.24. The van der Waals surface area contributed by atoms with E-state index in [9.17, 15) is 5.11 Å². The van der Waals surface area contributed by atoms with Crippen LogP contribution in [0.1, 0.15) is 10.6 Å². The van der Waals surface area contributed by atoms with Gasteiger partial charge >= 0.3 is 0 Å². The number of thiazole rings is 1. The van der Waals surface area contributed by atoms with Crippen molar-refractivity contribution in [2.75, 3.05) is 6.61 Å². The van der Waals surface area contributed by atoms with Gasteiger partial charge in [0.25, 0.3) is 0 Å². The monoisotopic (exact) mass is 311 g/mol. The van der Waals surface area contributed by atoms with Gasteiger partial charge in [0.2, 0.25) is 0 Å². The summed E-state index contributed by atoms with van der Waals surface area (Å²) in [4.78, 5) is 4.26. The molecule has 4 heteroatoms. The summed E-state index contributed by atoms with van der Waals surface area (Å²) in [7, 11) is 0. The molecule has 2 rings (SSSR count). The molecule has 1 heterocycles. The lowest BCUT2D eigenvalue weighted by Gasteiger charge is -2.13. The number of aromatic nitrogens is 1. The second-order valence-electron chi connectivity index (χ2n) is 3.97. The molecule has 0 radical (unpaired) electrons. The first-order valence-electron chi connectivity index (χ1n) is 5.52. The van der Waals surface area contributed by atoms with Crippen molar-refractivity contribution in [3.63, 3.8) is 0 Å². The third kappa shape index (κ3) is 3.63. The lowest BCUT2D eigenvalue weighted by atomic mass is 9.97. The molecule has 0 saturated carbocycles. The molecule has 0 saturated heterocycles. The average molecular weight is 312 g/mol. The fourth-order valence-corrected chi connectivity index (χ4v) is 2.96. The van der Waals surface area contributed by atoms with E-state index in [0.29, 0.717) is 0 Å². The molecule has 0 fully saturated rings. The number of aliphatic hydroxyl groups is 1. The second-order valence-corrected chi connectivity index (χ2v) is 5.81. The van der Waals surface area contributed by atoms with Crippen LogP contribution in [0.5, 0.6) is 0 Å². The maximum absolute atomic E-state index is 9.44. The number of benzene rings is 1. The lowest BCUT2D eigenvalue weighted by Crippen LogP contribution is -2.13. The van der Waals surface area contributed by atoms with E-state index in [1.165, 1.54) is 5.56 Å². The van der Waals surface area contributed by atoms with Crippen molar-refractivity contribution in [1.29, 1.82) is 0 Å². The summed E-state index contributed by atoms with van der Waals surface area (Å²) < 4.78 is 1.11. The summed E-state index contributed by atoms with van der Waals surface area (Å²) in [5.74, 6) is 0.236. The summed E-state index contributed by atoms with van der Waals surface area (Å²) in [6, 6.07) is 8.15. The number of aliphatic hydroxyl groups excluding tert-OH is 1. The first kappa shape index (κ1) is 12.7. The maximum Gasteiger partial charge on any atom is 0.0928 e. The van der Waals surface area contributed by atoms with E-state index in [4.69, 9.17) is 0 Å². The van der Waals surface area contributed by atoms with Crippen LogP contribution in [0, 0.1) is 5.92 Å². The minimum Gasteiger partial charge on any atom is -0.396 e. The Morgan fingerprint density at radius 1 is 1.29 bits per heavy atom. The molecular formula is C13H14BrNOS. The molecule has 17 heavy (non-hydrogen) atoms. The number of hydrogen-bond acceptors (Lipinski definition) is 3. The highest BCUT2D eigenvalue weighted by atomic mass is 79.9. The van der Waals surface area contributed by atoms with Crippen molar-refractivity contribution < 1.29 is 5.11 Å². The standard InChI is InChI=1S/C13H14BrNOS/c14-12-4-2-1-3-11(12)7-10(9-16)8-13-15-5-6-17-13/h1-6,10,16H,7-9H2. The van der Waals surface area contributed by atoms with E-state index in [2.05, 4.69) is 27.0 Å². The van der Waals surface area contributed by atoms with Gasteiger partial charge in [-0.3, -0.25) is 0 Å². The van der Waals surface area contributed by atoms with Crippen LogP contribution in [-0.4, -0.2) is 16.7 Å². The molecule has 2 nitrogen and oxygen atoms in total. The van der Waals surface area contributed by atoms with Gasteiger partial charge in [-0.1, -0.05) is 34.1 Å². The summed E-state index contributed by atoms with van der Waals surface area (Å²) in [6.45, 7) is 0.195. The summed E-state index contributed by atoms with van der Waals surface area (Å²) in [6.07, 6.45) is 3.53. The highest BCUT2D eigenvalue weighted by molar-refractivity contribution is 9.10. The molecule has 0 spiro atoms. The predicted molar refractivity (Wildman–Crippen MR) is 74.2 cm³/mol. The van der Waals surface area contributed by atoms with Gasteiger partial charge in [0, 0.05) is 29.1 Å². The van der Waals surface area contributed by atoms with E-state index in [-0.39, 0.29) is 12.5 Å². The van der Waals surface area contributed by atoms with Gasteiger partial charge in [-0.2, -0.15) is 0 Å². The zero-order valence-corrected chi connectivity index (χ0v) is 11.7. The Hall–Kier alpha value is -0.710. The molecule has 0 aliphatic carbocycles. The van der Waals surface area contributed by atoms with Crippen molar-refractivity contribution in [3.05, 3.63) is 50.9 Å². The SMILES string of the molecule is OCC(Cc1nccs1)Cc1ccccc1Br. The molecule has 1 N–H and O–H groups in total. The Bertz CT molecular complexity index is 458. The molecule has 0 aliphatic rings. The Morgan fingerprint density at radius 3 is 2.76 bits per heavy atom. The van der Waals surface area contributed by atoms with Gasteiger partial charge in [-0.15, -0.1) is 11.3 Å². The smallest absolute Gasteiger partial charge is 0.0928 e. The number of rotatable bonds is 5. The van der Waals surface area contributed by atoms with E-state index < -0.39 is 0 Å². The van der Waals surface area contributed by atoms with Crippen molar-refractivity contribution in [1.82, 2.24) is 4.98 Å². The molecular weight excluding hydrogens is 298 g/mol. The van der Waals surface area contributed by atoms with Crippen LogP contribution in [0.2, 0.25) is 0 Å². The first-order chi connectivity index (χ1) is 8.29. The lowest BCUT2D eigenvalue weighted by molar-refractivity contribution is 0.224. The Balaban J connectivity index is 2.03. The third-order valence-electron chi connectivity index (χ3n) is 2.67. The van der Waals surface area contributed by atoms with Crippen LogP contribution in [0.15, 0.2) is 40.3 Å². The van der Waals surface area contributed by atoms with E-state index in [1.807, 2.05) is 29.8 Å². The van der Waals surface area contributed by atoms with Crippen LogP contribution in [-0.2, 0) is 12.8 Å². The van der Waals surface area contributed by atoms with Crippen LogP contribution in [0.25, 0.3) is 0 Å². The van der Waals surface area contributed by atoms with Crippen molar-refractivity contribution >= 4 is 27.3 Å². The van der Waals surface area contributed by atoms with Gasteiger partial charge in [0.05, 0.1) is 5.01 Å². The Morgan fingerprint density at radius 2 is 2.12 bits per heavy atom. The van der Waals surface area contributed by atoms with Crippen LogP contribution < -0.4 is 0 Å². The van der Waals surface area contributed by atoms with E-state index >= 15 is 0 Å². The van der Waals surface area contributed by atoms with Crippen molar-refractivity contribution in [2.45, 2.75) is 12.8 Å². The van der Waals surface area contributed by atoms with Gasteiger partial charge in [0.15, 0.2) is 0 Å². The van der Waals surface area contributed by atoms with Crippen molar-refractivity contribution in [2.24, 2.45) is 5.92 Å². The summed E-state index contributed by atoms with van der Waals surface area (Å²) in [5, 5.41) is 12.5. The fourth-order valence-electron chi connectivity index (χ4n) is 1.78. The van der Waals surface area contributed by atoms with Gasteiger partial charge in [-0.05, 0) is 24.0 Å². The first-order valence-corrected chi connectivity index (χ1v) is 7.19.